The molecule has 1 aliphatic rings. The minimum atomic E-state index is -3.74. The molecule has 0 atom stereocenters. The summed E-state index contributed by atoms with van der Waals surface area (Å²) in [5.74, 6) is -1.07. The van der Waals surface area contributed by atoms with Gasteiger partial charge in [0, 0.05) is 12.1 Å². The first kappa shape index (κ1) is 18.1. The number of nitrogens with one attached hydrogen (secondary N) is 1. The van der Waals surface area contributed by atoms with Gasteiger partial charge in [0.15, 0.2) is 0 Å². The molecule has 1 heterocycles. The van der Waals surface area contributed by atoms with Crippen molar-refractivity contribution in [2.75, 3.05) is 10.1 Å². The fraction of sp³-hybridized carbons (Fsp3) is 0.263. The summed E-state index contributed by atoms with van der Waals surface area (Å²) in [4.78, 5) is 24.9. The number of anilines is 1. The van der Waals surface area contributed by atoms with E-state index in [4.69, 9.17) is 0 Å². The molecule has 2 aromatic rings. The lowest BCUT2D eigenvalue weighted by atomic mass is 9.95. The number of sulfonamides is 1. The molecule has 0 saturated carbocycles. The van der Waals surface area contributed by atoms with Crippen LogP contribution in [0.15, 0.2) is 54.6 Å². The van der Waals surface area contributed by atoms with E-state index in [1.807, 2.05) is 30.3 Å². The summed E-state index contributed by atoms with van der Waals surface area (Å²) in [6.07, 6.45) is 0. The highest BCUT2D eigenvalue weighted by Crippen LogP contribution is 2.35. The van der Waals surface area contributed by atoms with Crippen LogP contribution in [0.5, 0.6) is 0 Å². The zero-order chi connectivity index (χ0) is 18.9. The quantitative estimate of drug-likeness (QED) is 0.893. The Labute approximate surface area is 152 Å². The summed E-state index contributed by atoms with van der Waals surface area (Å²) in [5, 5.41) is 2.79. The van der Waals surface area contributed by atoms with Gasteiger partial charge >= 0.3 is 0 Å². The van der Waals surface area contributed by atoms with E-state index in [0.717, 1.165) is 9.87 Å². The van der Waals surface area contributed by atoms with Gasteiger partial charge in [-0.05, 0) is 37.6 Å². The maximum Gasteiger partial charge on any atom is 0.251 e. The normalized spacial score (nSPS) is 17.9. The van der Waals surface area contributed by atoms with Crippen LogP contribution in [0.1, 0.15) is 29.8 Å². The lowest BCUT2D eigenvalue weighted by Crippen LogP contribution is -2.33. The third kappa shape index (κ3) is 3.48. The highest BCUT2D eigenvalue weighted by atomic mass is 32.2. The van der Waals surface area contributed by atoms with Crippen LogP contribution in [0.25, 0.3) is 0 Å². The van der Waals surface area contributed by atoms with Crippen molar-refractivity contribution in [1.29, 1.82) is 0 Å². The van der Waals surface area contributed by atoms with Crippen molar-refractivity contribution in [2.45, 2.75) is 20.4 Å². The number of rotatable bonds is 4. The Morgan fingerprint density at radius 3 is 2.42 bits per heavy atom. The number of carbonyl (C=O) groups excluding carboxylic acids is 2. The highest BCUT2D eigenvalue weighted by Gasteiger charge is 2.49. The molecule has 0 bridgehead atoms. The summed E-state index contributed by atoms with van der Waals surface area (Å²) in [5.41, 5.74) is 0.458. The predicted octanol–water partition coefficient (Wildman–Crippen LogP) is 2.32. The van der Waals surface area contributed by atoms with Crippen LogP contribution >= 0.6 is 0 Å². The number of amides is 2. The van der Waals surface area contributed by atoms with Gasteiger partial charge in [-0.15, -0.1) is 0 Å². The lowest BCUT2D eigenvalue weighted by molar-refractivity contribution is -0.123. The molecule has 6 nitrogen and oxygen atoms in total. The monoisotopic (exact) mass is 372 g/mol. The molecule has 0 aromatic heterocycles. The van der Waals surface area contributed by atoms with E-state index in [-0.39, 0.29) is 17.3 Å². The first-order valence-electron chi connectivity index (χ1n) is 8.20. The second-order valence-electron chi connectivity index (χ2n) is 6.93. The molecular weight excluding hydrogens is 352 g/mol. The van der Waals surface area contributed by atoms with Crippen LogP contribution in [-0.4, -0.2) is 26.0 Å². The van der Waals surface area contributed by atoms with Crippen LogP contribution in [0, 0.1) is 5.41 Å². The summed E-state index contributed by atoms with van der Waals surface area (Å²) in [6.45, 7) is 3.56. The van der Waals surface area contributed by atoms with Gasteiger partial charge < -0.3 is 5.32 Å². The number of hydrogen-bond acceptors (Lipinski definition) is 4. The Morgan fingerprint density at radius 2 is 1.81 bits per heavy atom. The van der Waals surface area contributed by atoms with Gasteiger partial charge in [-0.2, -0.15) is 0 Å². The van der Waals surface area contributed by atoms with Crippen molar-refractivity contribution in [3.8, 4) is 0 Å². The second-order valence-corrected chi connectivity index (χ2v) is 8.75. The van der Waals surface area contributed by atoms with Gasteiger partial charge in [-0.25, -0.2) is 12.7 Å². The number of nitrogens with zero attached hydrogens (tertiary/aromatic N) is 1. The smallest absolute Gasteiger partial charge is 0.251 e. The summed E-state index contributed by atoms with van der Waals surface area (Å²) >= 11 is 0. The standard InChI is InChI=1S/C19H20N2O4S/c1-19(2)13-26(24,25)21(18(19)23)16-10-6-9-15(11-16)17(22)20-12-14-7-4-3-5-8-14/h3-11H,12-13H2,1-2H3,(H,20,22). The molecule has 0 aliphatic carbocycles. The molecule has 7 heteroatoms. The number of benzene rings is 2. The predicted molar refractivity (Wildman–Crippen MR) is 99.1 cm³/mol. The molecule has 0 radical (unpaired) electrons. The maximum absolute atomic E-state index is 12.5. The minimum absolute atomic E-state index is 0.188. The average molecular weight is 372 g/mol. The Hall–Kier alpha value is -2.67. The molecule has 1 saturated heterocycles. The Balaban J connectivity index is 1.82. The van der Waals surface area contributed by atoms with Gasteiger partial charge in [0.1, 0.15) is 0 Å². The van der Waals surface area contributed by atoms with Crippen LogP contribution in [0.2, 0.25) is 0 Å². The first-order chi connectivity index (χ1) is 12.2. The number of hydrogen-bond donors (Lipinski definition) is 1. The van der Waals surface area contributed by atoms with E-state index in [1.165, 1.54) is 12.1 Å². The zero-order valence-electron chi connectivity index (χ0n) is 14.6. The van der Waals surface area contributed by atoms with E-state index < -0.39 is 21.3 Å². The summed E-state index contributed by atoms with van der Waals surface area (Å²) in [6, 6.07) is 15.6. The van der Waals surface area contributed by atoms with Crippen molar-refractivity contribution in [2.24, 2.45) is 5.41 Å². The van der Waals surface area contributed by atoms with Crippen LogP contribution in [0.4, 0.5) is 5.69 Å². The van der Waals surface area contributed by atoms with Crippen molar-refractivity contribution >= 4 is 27.5 Å². The van der Waals surface area contributed by atoms with Gasteiger partial charge in [0.2, 0.25) is 15.9 Å². The molecule has 26 heavy (non-hydrogen) atoms. The summed E-state index contributed by atoms with van der Waals surface area (Å²) < 4.78 is 25.6. The van der Waals surface area contributed by atoms with Gasteiger partial charge in [-0.3, -0.25) is 9.59 Å². The van der Waals surface area contributed by atoms with Gasteiger partial charge in [0.25, 0.3) is 5.91 Å². The molecule has 1 aliphatic heterocycles. The van der Waals surface area contributed by atoms with E-state index in [9.17, 15) is 18.0 Å². The topological polar surface area (TPSA) is 83.6 Å². The van der Waals surface area contributed by atoms with E-state index in [2.05, 4.69) is 5.32 Å². The molecule has 3 rings (SSSR count). The van der Waals surface area contributed by atoms with Gasteiger partial charge in [-0.1, -0.05) is 36.4 Å². The largest absolute Gasteiger partial charge is 0.348 e. The van der Waals surface area contributed by atoms with E-state index in [1.54, 1.807) is 26.0 Å². The Kier molecular flexibility index (Phi) is 4.58. The fourth-order valence-corrected chi connectivity index (χ4v) is 5.01. The second kappa shape index (κ2) is 6.57. The molecule has 1 fully saturated rings. The zero-order valence-corrected chi connectivity index (χ0v) is 15.4. The van der Waals surface area contributed by atoms with Crippen LogP contribution < -0.4 is 9.62 Å². The number of carbonyl (C=O) groups is 2. The highest BCUT2D eigenvalue weighted by molar-refractivity contribution is 7.94. The maximum atomic E-state index is 12.5. The third-order valence-corrected chi connectivity index (χ3v) is 6.24. The Morgan fingerprint density at radius 1 is 1.12 bits per heavy atom. The van der Waals surface area contributed by atoms with E-state index >= 15 is 0 Å². The van der Waals surface area contributed by atoms with Crippen molar-refractivity contribution < 1.29 is 18.0 Å². The van der Waals surface area contributed by atoms with Crippen molar-refractivity contribution in [3.05, 3.63) is 65.7 Å². The third-order valence-electron chi connectivity index (χ3n) is 4.22. The SMILES string of the molecule is CC1(C)CS(=O)(=O)N(c2cccc(C(=O)NCc3ccccc3)c2)C1=O. The molecule has 0 spiro atoms. The summed E-state index contributed by atoms with van der Waals surface area (Å²) in [7, 11) is -3.74. The van der Waals surface area contributed by atoms with E-state index in [0.29, 0.717) is 12.1 Å². The lowest BCUT2D eigenvalue weighted by Gasteiger charge is -2.18. The molecule has 0 unspecified atom stereocenters. The molecule has 2 amide bonds. The Bertz CT molecular complexity index is 953. The first-order valence-corrected chi connectivity index (χ1v) is 9.81. The van der Waals surface area contributed by atoms with Crippen molar-refractivity contribution in [3.63, 3.8) is 0 Å². The molecule has 136 valence electrons. The van der Waals surface area contributed by atoms with Gasteiger partial charge in [0.05, 0.1) is 16.9 Å². The molecule has 2 aromatic carbocycles. The minimum Gasteiger partial charge on any atom is -0.348 e. The fourth-order valence-electron chi connectivity index (χ4n) is 2.92. The molecule has 1 N–H and O–H groups in total. The average Bonchev–Trinajstić information content (AvgIpc) is 2.76. The van der Waals surface area contributed by atoms with Crippen molar-refractivity contribution in [1.82, 2.24) is 5.32 Å². The van der Waals surface area contributed by atoms with Crippen LogP contribution in [-0.2, 0) is 21.4 Å². The van der Waals surface area contributed by atoms with Crippen LogP contribution in [0.3, 0.4) is 0 Å². The molecular formula is C19H20N2O4S.